The molecule has 0 radical (unpaired) electrons. The first kappa shape index (κ1) is 35.1. The number of nitrogens with two attached hydrogens (primary N) is 2. The van der Waals surface area contributed by atoms with Gasteiger partial charge in [-0.1, -0.05) is 0 Å². The number of nitrogen functional groups attached to an aromatic ring is 2. The lowest BCUT2D eigenvalue weighted by Crippen LogP contribution is -2.21. The van der Waals surface area contributed by atoms with Crippen LogP contribution in [0.5, 0.6) is 0 Å². The Hall–Kier alpha value is -5.42. The SMILES string of the molecule is CC(=O)OCC(CCn1cnc2cnc(N)nc21)COC(C)=O.CC(=O)OCC(CCn1cnc2nc(N)ncc21)COC(C)=O. The highest BCUT2D eigenvalue weighted by Gasteiger charge is 2.16. The minimum absolute atomic E-state index is 0.102. The van der Waals surface area contributed by atoms with Gasteiger partial charge >= 0.3 is 23.9 Å². The van der Waals surface area contributed by atoms with E-state index in [2.05, 4.69) is 29.9 Å². The third-order valence-corrected chi connectivity index (χ3v) is 6.42. The number of rotatable bonds is 14. The maximum atomic E-state index is 11.0. The van der Waals surface area contributed by atoms with E-state index in [9.17, 15) is 19.2 Å². The Morgan fingerprint density at radius 1 is 0.652 bits per heavy atom. The van der Waals surface area contributed by atoms with Crippen LogP contribution in [0.4, 0.5) is 11.9 Å². The van der Waals surface area contributed by atoms with Gasteiger partial charge in [-0.2, -0.15) is 9.97 Å². The van der Waals surface area contributed by atoms with E-state index in [0.717, 1.165) is 5.52 Å². The van der Waals surface area contributed by atoms with E-state index >= 15 is 0 Å². The number of hydrogen-bond acceptors (Lipinski definition) is 16. The first-order valence-corrected chi connectivity index (χ1v) is 14.3. The van der Waals surface area contributed by atoms with Gasteiger partial charge < -0.3 is 39.5 Å². The highest BCUT2D eigenvalue weighted by atomic mass is 16.6. The molecular weight excluding hydrogens is 604 g/mol. The second-order valence-electron chi connectivity index (χ2n) is 10.3. The lowest BCUT2D eigenvalue weighted by Gasteiger charge is -2.16. The predicted molar refractivity (Wildman–Crippen MR) is 162 cm³/mol. The van der Waals surface area contributed by atoms with Gasteiger partial charge in [-0.3, -0.25) is 19.2 Å². The zero-order valence-corrected chi connectivity index (χ0v) is 26.1. The highest BCUT2D eigenvalue weighted by Crippen LogP contribution is 2.15. The molecule has 4 aromatic rings. The van der Waals surface area contributed by atoms with Crippen molar-refractivity contribution in [1.29, 1.82) is 0 Å². The Kier molecular flexibility index (Phi) is 13.1. The fraction of sp³-hybridized carbons (Fsp3) is 0.500. The fourth-order valence-corrected chi connectivity index (χ4v) is 4.09. The van der Waals surface area contributed by atoms with Crippen molar-refractivity contribution < 1.29 is 38.1 Å². The number of anilines is 2. The topological polar surface area (TPSA) is 244 Å². The molecule has 0 saturated carbocycles. The smallest absolute Gasteiger partial charge is 0.302 e. The lowest BCUT2D eigenvalue weighted by molar-refractivity contribution is -0.148. The first-order chi connectivity index (χ1) is 21.9. The number of ether oxygens (including phenoxy) is 4. The van der Waals surface area contributed by atoms with Crippen molar-refractivity contribution in [2.24, 2.45) is 11.8 Å². The summed E-state index contributed by atoms with van der Waals surface area (Å²) in [5.74, 6) is -1.34. The van der Waals surface area contributed by atoms with Crippen molar-refractivity contribution >= 4 is 58.1 Å². The highest BCUT2D eigenvalue weighted by molar-refractivity contribution is 5.71. The Labute approximate surface area is 263 Å². The second kappa shape index (κ2) is 17.2. The summed E-state index contributed by atoms with van der Waals surface area (Å²) in [6.45, 7) is 7.28. The number of aryl methyl sites for hydroxylation is 2. The Morgan fingerprint density at radius 2 is 1.11 bits per heavy atom. The van der Waals surface area contributed by atoms with Crippen LogP contribution in [0.1, 0.15) is 40.5 Å². The van der Waals surface area contributed by atoms with Gasteiger partial charge in [-0.15, -0.1) is 0 Å². The quantitative estimate of drug-likeness (QED) is 0.144. The molecule has 0 aliphatic heterocycles. The van der Waals surface area contributed by atoms with Crippen LogP contribution in [0.15, 0.2) is 25.0 Å². The number of carbonyl (C=O) groups is 4. The van der Waals surface area contributed by atoms with Crippen LogP contribution >= 0.6 is 0 Å². The summed E-state index contributed by atoms with van der Waals surface area (Å²) in [6, 6.07) is 0. The van der Waals surface area contributed by atoms with Gasteiger partial charge in [-0.05, 0) is 12.8 Å². The summed E-state index contributed by atoms with van der Waals surface area (Å²) < 4.78 is 23.8. The largest absolute Gasteiger partial charge is 0.465 e. The van der Waals surface area contributed by atoms with Gasteiger partial charge in [0.05, 0.1) is 51.5 Å². The number of nitrogens with zero attached hydrogens (tertiary/aromatic N) is 8. The van der Waals surface area contributed by atoms with Gasteiger partial charge in [0.1, 0.15) is 11.0 Å². The molecule has 0 amide bonds. The average Bonchev–Trinajstić information content (AvgIpc) is 3.59. The zero-order valence-electron chi connectivity index (χ0n) is 26.1. The lowest BCUT2D eigenvalue weighted by atomic mass is 10.1. The van der Waals surface area contributed by atoms with Crippen molar-refractivity contribution in [2.75, 3.05) is 37.9 Å². The number of carbonyl (C=O) groups excluding carboxylic acids is 4. The third-order valence-electron chi connectivity index (χ3n) is 6.42. The molecule has 46 heavy (non-hydrogen) atoms. The Balaban J connectivity index is 0.000000250. The van der Waals surface area contributed by atoms with Gasteiger partial charge in [-0.25, -0.2) is 19.9 Å². The van der Waals surface area contributed by atoms with Crippen molar-refractivity contribution in [3.05, 3.63) is 25.0 Å². The molecule has 18 heteroatoms. The molecule has 0 atom stereocenters. The molecule has 0 spiro atoms. The number of fused-ring (bicyclic) bond motifs is 2. The van der Waals surface area contributed by atoms with E-state index in [-0.39, 0.29) is 74.0 Å². The van der Waals surface area contributed by atoms with E-state index in [0.29, 0.717) is 42.7 Å². The van der Waals surface area contributed by atoms with Crippen LogP contribution in [-0.4, -0.2) is 89.3 Å². The molecule has 18 nitrogen and oxygen atoms in total. The van der Waals surface area contributed by atoms with E-state index < -0.39 is 0 Å². The van der Waals surface area contributed by atoms with Crippen LogP contribution in [0, 0.1) is 11.8 Å². The monoisotopic (exact) mass is 642 g/mol. The molecule has 4 rings (SSSR count). The molecule has 4 aromatic heterocycles. The summed E-state index contributed by atoms with van der Waals surface area (Å²) in [7, 11) is 0. The van der Waals surface area contributed by atoms with Crippen molar-refractivity contribution in [3.63, 3.8) is 0 Å². The van der Waals surface area contributed by atoms with E-state index in [1.165, 1.54) is 27.7 Å². The zero-order chi connectivity index (χ0) is 33.6. The standard InChI is InChI=1S/2C14H19N5O4/c1-9(20)22-6-11(7-23-10(2)21)3-4-19-8-17-13-12(19)5-16-14(15)18-13;1-9(20)22-6-11(7-23-10(2)21)3-4-19-8-17-12-5-16-14(15)18-13(12)19/h2*5,8,11H,3-4,6-7H2,1-2H3,(H2,15,16,18). The maximum absolute atomic E-state index is 11.0. The number of aromatic nitrogens is 8. The van der Waals surface area contributed by atoms with Gasteiger partial charge in [0, 0.05) is 52.6 Å². The Bertz CT molecular complexity index is 1600. The van der Waals surface area contributed by atoms with Gasteiger partial charge in [0.2, 0.25) is 11.9 Å². The molecule has 4 N–H and O–H groups in total. The fourth-order valence-electron chi connectivity index (χ4n) is 4.09. The van der Waals surface area contributed by atoms with Crippen molar-refractivity contribution in [1.82, 2.24) is 39.0 Å². The summed E-state index contributed by atoms with van der Waals surface area (Å²) in [6.07, 6.45) is 7.72. The molecular formula is C28H38N10O8. The second-order valence-corrected chi connectivity index (χ2v) is 10.3. The number of esters is 4. The minimum atomic E-state index is -0.369. The summed E-state index contributed by atoms with van der Waals surface area (Å²) in [4.78, 5) is 68.2. The van der Waals surface area contributed by atoms with Crippen LogP contribution < -0.4 is 11.5 Å². The van der Waals surface area contributed by atoms with Gasteiger partial charge in [0.15, 0.2) is 11.3 Å². The van der Waals surface area contributed by atoms with Crippen LogP contribution in [0.3, 0.4) is 0 Å². The van der Waals surface area contributed by atoms with Crippen LogP contribution in [0.25, 0.3) is 22.3 Å². The van der Waals surface area contributed by atoms with E-state index in [1.54, 1.807) is 25.0 Å². The predicted octanol–water partition coefficient (Wildman–Crippen LogP) is 1.08. The maximum Gasteiger partial charge on any atom is 0.302 e. The average molecular weight is 643 g/mol. The van der Waals surface area contributed by atoms with Crippen LogP contribution in [0.2, 0.25) is 0 Å². The molecule has 0 aliphatic carbocycles. The summed E-state index contributed by atoms with van der Waals surface area (Å²) in [5.41, 5.74) is 13.7. The van der Waals surface area contributed by atoms with Gasteiger partial charge in [0.25, 0.3) is 0 Å². The molecule has 0 aliphatic rings. The van der Waals surface area contributed by atoms with E-state index in [4.69, 9.17) is 30.4 Å². The summed E-state index contributed by atoms with van der Waals surface area (Å²) >= 11 is 0. The number of hydrogen-bond donors (Lipinski definition) is 2. The third kappa shape index (κ3) is 11.6. The first-order valence-electron chi connectivity index (χ1n) is 14.3. The van der Waals surface area contributed by atoms with E-state index in [1.807, 2.05) is 9.13 Å². The van der Waals surface area contributed by atoms with Crippen molar-refractivity contribution in [2.45, 2.75) is 53.6 Å². The molecule has 4 heterocycles. The van der Waals surface area contributed by atoms with Crippen LogP contribution in [-0.2, 0) is 51.2 Å². The Morgan fingerprint density at radius 3 is 1.63 bits per heavy atom. The molecule has 248 valence electrons. The summed E-state index contributed by atoms with van der Waals surface area (Å²) in [5, 5.41) is 0. The minimum Gasteiger partial charge on any atom is -0.465 e. The molecule has 0 saturated heterocycles. The number of imidazole rings is 2. The molecule has 0 bridgehead atoms. The molecule has 0 unspecified atom stereocenters. The molecule has 0 fully saturated rings. The molecule has 0 aromatic carbocycles. The van der Waals surface area contributed by atoms with Crippen molar-refractivity contribution in [3.8, 4) is 0 Å². The normalized spacial score (nSPS) is 10.9.